The van der Waals surface area contributed by atoms with Gasteiger partial charge in [-0.15, -0.1) is 0 Å². The SMILES string of the molecule is CC(C)C(CCO)Nc1cc2c(cc1N)OCCO2. The molecule has 1 heterocycles. The number of hydrogen-bond donors (Lipinski definition) is 3. The van der Waals surface area contributed by atoms with Gasteiger partial charge in [-0.3, -0.25) is 0 Å². The standard InChI is InChI=1S/C14H22N2O3/c1-9(2)11(3-4-17)16-12-8-14-13(7-10(12)15)18-5-6-19-14/h7-9,11,16-17H,3-6,15H2,1-2H3. The average Bonchev–Trinajstić information content (AvgIpc) is 2.38. The molecule has 5 nitrogen and oxygen atoms in total. The van der Waals surface area contributed by atoms with Crippen molar-refractivity contribution >= 4 is 11.4 Å². The van der Waals surface area contributed by atoms with Gasteiger partial charge in [-0.25, -0.2) is 0 Å². The quantitative estimate of drug-likeness (QED) is 0.709. The highest BCUT2D eigenvalue weighted by atomic mass is 16.6. The van der Waals surface area contributed by atoms with E-state index < -0.39 is 0 Å². The van der Waals surface area contributed by atoms with Crippen molar-refractivity contribution < 1.29 is 14.6 Å². The molecule has 0 amide bonds. The predicted molar refractivity (Wildman–Crippen MR) is 75.8 cm³/mol. The first-order valence-electron chi connectivity index (χ1n) is 6.68. The van der Waals surface area contributed by atoms with Crippen LogP contribution in [-0.2, 0) is 0 Å². The van der Waals surface area contributed by atoms with Crippen molar-refractivity contribution in [2.75, 3.05) is 30.9 Å². The fourth-order valence-electron chi connectivity index (χ4n) is 2.14. The van der Waals surface area contributed by atoms with Crippen LogP contribution in [0.25, 0.3) is 0 Å². The van der Waals surface area contributed by atoms with E-state index in [1.54, 1.807) is 6.07 Å². The molecule has 0 fully saturated rings. The molecule has 19 heavy (non-hydrogen) atoms. The Morgan fingerprint density at radius 3 is 2.47 bits per heavy atom. The second kappa shape index (κ2) is 6.02. The van der Waals surface area contributed by atoms with Gasteiger partial charge >= 0.3 is 0 Å². The second-order valence-electron chi connectivity index (χ2n) is 5.09. The van der Waals surface area contributed by atoms with Crippen LogP contribution < -0.4 is 20.5 Å². The van der Waals surface area contributed by atoms with Gasteiger partial charge in [0.2, 0.25) is 0 Å². The lowest BCUT2D eigenvalue weighted by Crippen LogP contribution is -2.27. The Morgan fingerprint density at radius 1 is 1.26 bits per heavy atom. The van der Waals surface area contributed by atoms with Gasteiger partial charge in [0.15, 0.2) is 11.5 Å². The molecule has 5 heteroatoms. The lowest BCUT2D eigenvalue weighted by Gasteiger charge is -2.25. The van der Waals surface area contributed by atoms with E-state index in [9.17, 15) is 0 Å². The second-order valence-corrected chi connectivity index (χ2v) is 5.09. The molecule has 0 aromatic heterocycles. The van der Waals surface area contributed by atoms with E-state index in [1.807, 2.05) is 6.07 Å². The summed E-state index contributed by atoms with van der Waals surface area (Å²) in [6.07, 6.45) is 0.686. The van der Waals surface area contributed by atoms with Crippen LogP contribution in [0.2, 0.25) is 0 Å². The molecule has 1 atom stereocenters. The minimum Gasteiger partial charge on any atom is -0.486 e. The molecule has 2 rings (SSSR count). The molecule has 1 unspecified atom stereocenters. The predicted octanol–water partition coefficient (Wildman–Crippen LogP) is 1.86. The summed E-state index contributed by atoms with van der Waals surface area (Å²) in [5.74, 6) is 1.81. The van der Waals surface area contributed by atoms with Crippen LogP contribution in [0, 0.1) is 5.92 Å². The third-order valence-electron chi connectivity index (χ3n) is 3.30. The number of ether oxygens (including phenoxy) is 2. The maximum Gasteiger partial charge on any atom is 0.163 e. The number of benzene rings is 1. The first-order valence-corrected chi connectivity index (χ1v) is 6.68. The highest BCUT2D eigenvalue weighted by Gasteiger charge is 2.18. The van der Waals surface area contributed by atoms with E-state index in [2.05, 4.69) is 19.2 Å². The smallest absolute Gasteiger partial charge is 0.163 e. The van der Waals surface area contributed by atoms with E-state index >= 15 is 0 Å². The summed E-state index contributed by atoms with van der Waals surface area (Å²) in [6.45, 7) is 5.49. The summed E-state index contributed by atoms with van der Waals surface area (Å²) in [7, 11) is 0. The largest absolute Gasteiger partial charge is 0.486 e. The van der Waals surface area contributed by atoms with Crippen LogP contribution in [0.5, 0.6) is 11.5 Å². The molecule has 0 spiro atoms. The minimum absolute atomic E-state index is 0.153. The van der Waals surface area contributed by atoms with Crippen LogP contribution in [0.15, 0.2) is 12.1 Å². The summed E-state index contributed by atoms with van der Waals surface area (Å²) in [6, 6.07) is 3.83. The lowest BCUT2D eigenvalue weighted by molar-refractivity contribution is 0.172. The highest BCUT2D eigenvalue weighted by molar-refractivity contribution is 5.72. The van der Waals surface area contributed by atoms with E-state index in [0.717, 1.165) is 11.4 Å². The van der Waals surface area contributed by atoms with Crippen LogP contribution in [0.3, 0.4) is 0 Å². The summed E-state index contributed by atoms with van der Waals surface area (Å²) in [5.41, 5.74) is 7.49. The van der Waals surface area contributed by atoms with E-state index in [-0.39, 0.29) is 12.6 Å². The third-order valence-corrected chi connectivity index (χ3v) is 3.30. The molecule has 4 N–H and O–H groups in total. The highest BCUT2D eigenvalue weighted by Crippen LogP contribution is 2.37. The number of anilines is 2. The van der Waals surface area contributed by atoms with Gasteiger partial charge in [0.05, 0.1) is 11.4 Å². The number of hydrogen-bond acceptors (Lipinski definition) is 5. The normalized spacial score (nSPS) is 15.4. The monoisotopic (exact) mass is 266 g/mol. The first kappa shape index (κ1) is 13.8. The molecular weight excluding hydrogens is 244 g/mol. The van der Waals surface area contributed by atoms with Crippen LogP contribution in [-0.4, -0.2) is 31.0 Å². The Balaban J connectivity index is 2.19. The molecular formula is C14H22N2O3. The van der Waals surface area contributed by atoms with Crippen LogP contribution >= 0.6 is 0 Å². The molecule has 0 bridgehead atoms. The molecule has 0 radical (unpaired) electrons. The Morgan fingerprint density at radius 2 is 1.89 bits per heavy atom. The fourth-order valence-corrected chi connectivity index (χ4v) is 2.14. The number of nitrogens with two attached hydrogens (primary N) is 1. The Bertz CT molecular complexity index is 435. The van der Waals surface area contributed by atoms with Gasteiger partial charge in [0.25, 0.3) is 0 Å². The van der Waals surface area contributed by atoms with E-state index in [4.69, 9.17) is 20.3 Å². The van der Waals surface area contributed by atoms with Crippen molar-refractivity contribution in [3.63, 3.8) is 0 Å². The van der Waals surface area contributed by atoms with Crippen LogP contribution in [0.1, 0.15) is 20.3 Å². The molecule has 1 aromatic rings. The third kappa shape index (κ3) is 3.23. The summed E-state index contributed by atoms with van der Waals surface area (Å²) in [4.78, 5) is 0. The summed E-state index contributed by atoms with van der Waals surface area (Å²) >= 11 is 0. The van der Waals surface area contributed by atoms with Crippen molar-refractivity contribution in [3.8, 4) is 11.5 Å². The lowest BCUT2D eigenvalue weighted by atomic mass is 10.0. The zero-order chi connectivity index (χ0) is 13.8. The van der Waals surface area contributed by atoms with E-state index in [0.29, 0.717) is 37.0 Å². The number of aliphatic hydroxyl groups is 1. The van der Waals surface area contributed by atoms with Crippen molar-refractivity contribution in [1.29, 1.82) is 0 Å². The molecule has 0 saturated heterocycles. The molecule has 106 valence electrons. The fraction of sp³-hybridized carbons (Fsp3) is 0.571. The van der Waals surface area contributed by atoms with Crippen molar-refractivity contribution in [2.45, 2.75) is 26.3 Å². The van der Waals surface area contributed by atoms with Gasteiger partial charge in [-0.2, -0.15) is 0 Å². The van der Waals surface area contributed by atoms with E-state index in [1.165, 1.54) is 0 Å². The van der Waals surface area contributed by atoms with Gasteiger partial charge in [0, 0.05) is 24.8 Å². The zero-order valence-corrected chi connectivity index (χ0v) is 11.5. The molecule has 1 aliphatic rings. The Kier molecular flexibility index (Phi) is 4.37. The Labute approximate surface area is 113 Å². The number of rotatable bonds is 5. The maximum absolute atomic E-state index is 9.11. The van der Waals surface area contributed by atoms with Gasteiger partial charge in [-0.1, -0.05) is 13.8 Å². The Hall–Kier alpha value is -1.62. The molecule has 0 aliphatic carbocycles. The zero-order valence-electron chi connectivity index (χ0n) is 11.5. The van der Waals surface area contributed by atoms with Crippen molar-refractivity contribution in [3.05, 3.63) is 12.1 Å². The molecule has 1 aliphatic heterocycles. The number of nitrogens with one attached hydrogen (secondary N) is 1. The number of nitrogen functional groups attached to an aromatic ring is 1. The van der Waals surface area contributed by atoms with Crippen molar-refractivity contribution in [1.82, 2.24) is 0 Å². The number of fused-ring (bicyclic) bond motifs is 1. The van der Waals surface area contributed by atoms with Gasteiger partial charge in [0.1, 0.15) is 13.2 Å². The topological polar surface area (TPSA) is 76.7 Å². The molecule has 0 saturated carbocycles. The summed E-state index contributed by atoms with van der Waals surface area (Å²) < 4.78 is 11.0. The minimum atomic E-state index is 0.153. The first-order chi connectivity index (χ1) is 9.11. The summed E-state index contributed by atoms with van der Waals surface area (Å²) in [5, 5.41) is 12.5. The van der Waals surface area contributed by atoms with Crippen LogP contribution in [0.4, 0.5) is 11.4 Å². The average molecular weight is 266 g/mol. The van der Waals surface area contributed by atoms with Gasteiger partial charge < -0.3 is 25.6 Å². The van der Waals surface area contributed by atoms with Crippen molar-refractivity contribution in [2.24, 2.45) is 5.92 Å². The maximum atomic E-state index is 9.11. The molecule has 1 aromatic carbocycles. The van der Waals surface area contributed by atoms with Gasteiger partial charge in [-0.05, 0) is 12.3 Å². The number of aliphatic hydroxyl groups excluding tert-OH is 1.